The van der Waals surface area contributed by atoms with Crippen LogP contribution in [0.3, 0.4) is 0 Å². The number of carbonyl (C=O) groups excluding carboxylic acids is 2. The van der Waals surface area contributed by atoms with Gasteiger partial charge in [-0.2, -0.15) is 5.26 Å². The molecular formula is C37H34F2N2O4. The number of unbranched alkanes of at least 4 members (excludes halogenated alkanes) is 6. The fraction of sp³-hybridized carbons (Fsp3) is 0.243. The highest BCUT2D eigenvalue weighted by Crippen LogP contribution is 2.28. The summed E-state index contributed by atoms with van der Waals surface area (Å²) in [5.74, 6) is -1.49. The molecule has 0 aliphatic carbocycles. The fourth-order valence-corrected chi connectivity index (χ4v) is 4.86. The lowest BCUT2D eigenvalue weighted by molar-refractivity contribution is -0.135. The van der Waals surface area contributed by atoms with Crippen molar-refractivity contribution in [2.45, 2.75) is 57.8 Å². The summed E-state index contributed by atoms with van der Waals surface area (Å²) in [6.45, 7) is 0. The molecule has 45 heavy (non-hydrogen) atoms. The van der Waals surface area contributed by atoms with Crippen LogP contribution in [0.15, 0.2) is 84.9 Å². The number of hydrogen-bond acceptors (Lipinski definition) is 6. The number of halogens is 2. The average molecular weight is 609 g/mol. The van der Waals surface area contributed by atoms with Gasteiger partial charge in [-0.25, -0.2) is 8.78 Å². The normalized spacial score (nSPS) is 10.6. The quantitative estimate of drug-likeness (QED) is 0.0628. The Morgan fingerprint density at radius 2 is 1.07 bits per heavy atom. The lowest BCUT2D eigenvalue weighted by atomic mass is 10.0. The van der Waals surface area contributed by atoms with Crippen molar-refractivity contribution in [3.63, 3.8) is 0 Å². The van der Waals surface area contributed by atoms with Gasteiger partial charge in [-0.3, -0.25) is 9.59 Å². The summed E-state index contributed by atoms with van der Waals surface area (Å²) in [5, 5.41) is 16.2. The van der Waals surface area contributed by atoms with Gasteiger partial charge >= 0.3 is 11.9 Å². The van der Waals surface area contributed by atoms with E-state index in [1.165, 1.54) is 18.3 Å². The molecule has 0 heterocycles. The average Bonchev–Trinajstić information content (AvgIpc) is 3.04. The van der Waals surface area contributed by atoms with Crippen LogP contribution in [-0.4, -0.2) is 18.2 Å². The summed E-state index contributed by atoms with van der Waals surface area (Å²) >= 11 is 0. The Balaban J connectivity index is 1.06. The van der Waals surface area contributed by atoms with Gasteiger partial charge in [0.2, 0.25) is 0 Å². The zero-order chi connectivity index (χ0) is 32.0. The highest BCUT2D eigenvalue weighted by atomic mass is 19.1. The van der Waals surface area contributed by atoms with E-state index in [4.69, 9.17) is 20.1 Å². The van der Waals surface area contributed by atoms with Crippen molar-refractivity contribution in [2.75, 3.05) is 0 Å². The minimum Gasteiger partial charge on any atom is -0.426 e. The van der Waals surface area contributed by atoms with E-state index >= 15 is 0 Å². The molecule has 0 bridgehead atoms. The van der Waals surface area contributed by atoms with Crippen molar-refractivity contribution >= 4 is 18.2 Å². The molecule has 0 amide bonds. The van der Waals surface area contributed by atoms with Crippen LogP contribution in [0.25, 0.3) is 22.3 Å². The van der Waals surface area contributed by atoms with Crippen molar-refractivity contribution in [1.82, 2.24) is 0 Å². The standard InChI is InChI=1S/C37H34F2N2O4/c38-34-22-30(18-20-32(34)28-14-10-26(24-40)11-15-28)44-36(42)8-6-4-2-1-3-5-7-9-37(43)45-31-19-21-33(35(39)23-31)29-16-12-27(25-41)13-17-29/h10-24,40H,1-9H2. The lowest BCUT2D eigenvalue weighted by Crippen LogP contribution is -2.08. The van der Waals surface area contributed by atoms with Crippen molar-refractivity contribution in [2.24, 2.45) is 0 Å². The molecule has 0 atom stereocenters. The zero-order valence-electron chi connectivity index (χ0n) is 24.9. The Morgan fingerprint density at radius 3 is 1.47 bits per heavy atom. The summed E-state index contributed by atoms with van der Waals surface area (Å²) in [7, 11) is 0. The number of rotatable bonds is 15. The van der Waals surface area contributed by atoms with Gasteiger partial charge in [0.1, 0.15) is 23.1 Å². The molecule has 0 saturated carbocycles. The minimum atomic E-state index is -0.510. The van der Waals surface area contributed by atoms with Crippen LogP contribution >= 0.6 is 0 Å². The number of nitrogens with one attached hydrogen (secondary N) is 1. The number of ether oxygens (including phenoxy) is 2. The van der Waals surface area contributed by atoms with Crippen molar-refractivity contribution in [3.05, 3.63) is 108 Å². The van der Waals surface area contributed by atoms with E-state index in [-0.39, 0.29) is 24.3 Å². The number of nitrogens with zero attached hydrogens (tertiary/aromatic N) is 1. The van der Waals surface area contributed by atoms with Crippen LogP contribution in [-0.2, 0) is 9.59 Å². The molecule has 0 aliphatic heterocycles. The summed E-state index contributed by atoms with van der Waals surface area (Å²) < 4.78 is 39.8. The monoisotopic (exact) mass is 608 g/mol. The lowest BCUT2D eigenvalue weighted by Gasteiger charge is -2.08. The molecule has 0 fully saturated rings. The maximum Gasteiger partial charge on any atom is 0.311 e. The van der Waals surface area contributed by atoms with Crippen molar-refractivity contribution in [1.29, 1.82) is 10.7 Å². The third kappa shape index (κ3) is 9.94. The van der Waals surface area contributed by atoms with Gasteiger partial charge in [-0.1, -0.05) is 68.5 Å². The third-order valence-electron chi connectivity index (χ3n) is 7.32. The molecule has 230 valence electrons. The Bertz CT molecular complexity index is 1660. The molecule has 0 spiro atoms. The van der Waals surface area contributed by atoms with E-state index in [1.54, 1.807) is 72.8 Å². The van der Waals surface area contributed by atoms with E-state index in [2.05, 4.69) is 0 Å². The predicted molar refractivity (Wildman–Crippen MR) is 169 cm³/mol. The number of benzene rings is 4. The maximum absolute atomic E-state index is 14.6. The number of esters is 2. The number of carbonyl (C=O) groups is 2. The van der Waals surface area contributed by atoms with Crippen LogP contribution in [0.2, 0.25) is 0 Å². The second-order valence-electron chi connectivity index (χ2n) is 10.7. The first-order valence-corrected chi connectivity index (χ1v) is 15.0. The molecule has 0 unspecified atom stereocenters. The van der Waals surface area contributed by atoms with E-state index in [9.17, 15) is 18.4 Å². The molecule has 0 aliphatic rings. The SMILES string of the molecule is N#Cc1ccc(-c2ccc(OC(=O)CCCCCCCCCC(=O)Oc3ccc(-c4ccc(C=N)cc4)c(F)c3)cc2F)cc1. The smallest absolute Gasteiger partial charge is 0.311 e. The van der Waals surface area contributed by atoms with Gasteiger partial charge in [0.15, 0.2) is 0 Å². The van der Waals surface area contributed by atoms with E-state index < -0.39 is 23.6 Å². The zero-order valence-corrected chi connectivity index (χ0v) is 24.9. The molecular weight excluding hydrogens is 574 g/mol. The highest BCUT2D eigenvalue weighted by molar-refractivity contribution is 5.79. The van der Waals surface area contributed by atoms with Gasteiger partial charge in [0, 0.05) is 42.3 Å². The first-order chi connectivity index (χ1) is 21.9. The topological polar surface area (TPSA) is 100 Å². The number of nitriles is 1. The number of hydrogen-bond donors (Lipinski definition) is 1. The van der Waals surface area contributed by atoms with Crippen LogP contribution in [0.4, 0.5) is 8.78 Å². The second kappa shape index (κ2) is 16.6. The van der Waals surface area contributed by atoms with Crippen molar-refractivity contribution < 1.29 is 27.8 Å². The molecule has 0 radical (unpaired) electrons. The fourth-order valence-electron chi connectivity index (χ4n) is 4.86. The Morgan fingerprint density at radius 1 is 0.644 bits per heavy atom. The van der Waals surface area contributed by atoms with Gasteiger partial charge in [0.25, 0.3) is 0 Å². The minimum absolute atomic E-state index is 0.154. The second-order valence-corrected chi connectivity index (χ2v) is 10.7. The molecule has 8 heteroatoms. The summed E-state index contributed by atoms with van der Waals surface area (Å²) in [6, 6.07) is 24.2. The Hall–Kier alpha value is -5.16. The molecule has 0 saturated heterocycles. The van der Waals surface area contributed by atoms with Crippen molar-refractivity contribution in [3.8, 4) is 39.8 Å². The molecule has 4 aromatic rings. The molecule has 0 aromatic heterocycles. The van der Waals surface area contributed by atoms with Crippen LogP contribution < -0.4 is 9.47 Å². The predicted octanol–water partition coefficient (Wildman–Crippen LogP) is 9.19. The van der Waals surface area contributed by atoms with Gasteiger partial charge < -0.3 is 14.9 Å². The maximum atomic E-state index is 14.6. The first-order valence-electron chi connectivity index (χ1n) is 15.0. The van der Waals surface area contributed by atoms with Crippen LogP contribution in [0.5, 0.6) is 11.5 Å². The summed E-state index contributed by atoms with van der Waals surface area (Å²) in [6.07, 6.45) is 7.63. The van der Waals surface area contributed by atoms with Crippen LogP contribution in [0, 0.1) is 28.4 Å². The van der Waals surface area contributed by atoms with E-state index in [0.29, 0.717) is 40.7 Å². The summed E-state index contributed by atoms with van der Waals surface area (Å²) in [4.78, 5) is 24.4. The molecule has 4 rings (SSSR count). The Labute approximate surface area is 261 Å². The summed E-state index contributed by atoms with van der Waals surface area (Å²) in [5.41, 5.74) is 3.28. The van der Waals surface area contributed by atoms with E-state index in [1.807, 2.05) is 6.07 Å². The molecule has 1 N–H and O–H groups in total. The Kier molecular flexibility index (Phi) is 12.1. The largest absolute Gasteiger partial charge is 0.426 e. The van der Waals surface area contributed by atoms with E-state index in [0.717, 1.165) is 37.7 Å². The highest BCUT2D eigenvalue weighted by Gasteiger charge is 2.12. The van der Waals surface area contributed by atoms with Crippen LogP contribution in [0.1, 0.15) is 68.9 Å². The molecule has 4 aromatic carbocycles. The molecule has 6 nitrogen and oxygen atoms in total. The first kappa shape index (κ1) is 32.7. The van der Waals surface area contributed by atoms with Gasteiger partial charge in [-0.15, -0.1) is 0 Å². The van der Waals surface area contributed by atoms with Gasteiger partial charge in [0.05, 0.1) is 11.6 Å². The third-order valence-corrected chi connectivity index (χ3v) is 7.32. The van der Waals surface area contributed by atoms with Gasteiger partial charge in [-0.05, 0) is 65.9 Å².